The normalized spacial score (nSPS) is 11.1. The summed E-state index contributed by atoms with van der Waals surface area (Å²) in [7, 11) is 1.60. The molecule has 0 aliphatic heterocycles. The van der Waals surface area contributed by atoms with Gasteiger partial charge in [-0.25, -0.2) is 5.43 Å². The molecule has 0 saturated carbocycles. The Hall–Kier alpha value is -4.13. The maximum atomic E-state index is 12.4. The fourth-order valence-corrected chi connectivity index (χ4v) is 3.04. The maximum absolute atomic E-state index is 12.4. The van der Waals surface area contributed by atoms with Crippen LogP contribution in [0.1, 0.15) is 16.1 Å². The number of hydrogen-bond acceptors (Lipinski definition) is 5. The highest BCUT2D eigenvalue weighted by Gasteiger charge is 2.16. The van der Waals surface area contributed by atoms with E-state index in [0.717, 1.165) is 21.9 Å². The van der Waals surface area contributed by atoms with E-state index in [-0.39, 0.29) is 11.4 Å². The Morgan fingerprint density at radius 1 is 1.14 bits per heavy atom. The van der Waals surface area contributed by atoms with Crippen LogP contribution in [0.2, 0.25) is 0 Å². The van der Waals surface area contributed by atoms with Gasteiger partial charge in [-0.05, 0) is 52.7 Å². The van der Waals surface area contributed by atoms with Crippen molar-refractivity contribution in [1.29, 1.82) is 0 Å². The summed E-state index contributed by atoms with van der Waals surface area (Å²) >= 11 is 0. The minimum Gasteiger partial charge on any atom is -0.508 e. The third-order valence-corrected chi connectivity index (χ3v) is 4.46. The third kappa shape index (κ3) is 3.79. The largest absolute Gasteiger partial charge is 0.508 e. The number of phenolic OH excluding ortho intramolecular Hbond substituents is 1. The lowest BCUT2D eigenvalue weighted by molar-refractivity contribution is 0.0950. The molecular weight excluding hydrogens is 368 g/mol. The molecule has 0 aliphatic carbocycles. The number of amides is 1. The Morgan fingerprint density at radius 3 is 2.72 bits per heavy atom. The zero-order valence-corrected chi connectivity index (χ0v) is 15.6. The molecule has 144 valence electrons. The van der Waals surface area contributed by atoms with Crippen LogP contribution in [0.3, 0.4) is 0 Å². The lowest BCUT2D eigenvalue weighted by Crippen LogP contribution is -2.17. The second-order valence-corrected chi connectivity index (χ2v) is 6.32. The van der Waals surface area contributed by atoms with Crippen LogP contribution in [0.4, 0.5) is 0 Å². The van der Waals surface area contributed by atoms with E-state index in [0.29, 0.717) is 11.4 Å². The predicted molar refractivity (Wildman–Crippen MR) is 111 cm³/mol. The van der Waals surface area contributed by atoms with Crippen LogP contribution in [0.5, 0.6) is 11.5 Å². The second-order valence-electron chi connectivity index (χ2n) is 6.32. The summed E-state index contributed by atoms with van der Waals surface area (Å²) in [6.45, 7) is 0. The number of hydrazone groups is 1. The molecule has 7 heteroatoms. The molecule has 0 radical (unpaired) electrons. The van der Waals surface area contributed by atoms with Gasteiger partial charge in [-0.3, -0.25) is 9.89 Å². The molecule has 0 atom stereocenters. The number of carbonyl (C=O) groups excluding carboxylic acids is 1. The Balaban J connectivity index is 1.58. The van der Waals surface area contributed by atoms with Crippen molar-refractivity contribution in [3.8, 4) is 22.8 Å². The van der Waals surface area contributed by atoms with Gasteiger partial charge in [0.1, 0.15) is 17.2 Å². The molecule has 0 fully saturated rings. The third-order valence-electron chi connectivity index (χ3n) is 4.46. The SMILES string of the molecule is COc1ccc2ccccc2c1-c1cc(C(=O)N/N=C/c2ccc(O)cc2)[nH]n1. The number of aromatic amines is 1. The molecule has 4 aromatic rings. The molecule has 0 unspecified atom stereocenters. The number of hydrogen-bond donors (Lipinski definition) is 3. The number of aromatic hydroxyl groups is 1. The van der Waals surface area contributed by atoms with Crippen molar-refractivity contribution >= 4 is 22.9 Å². The zero-order valence-electron chi connectivity index (χ0n) is 15.6. The molecular formula is C22H18N4O3. The lowest BCUT2D eigenvalue weighted by atomic mass is 10.0. The topological polar surface area (TPSA) is 99.6 Å². The van der Waals surface area contributed by atoms with Gasteiger partial charge < -0.3 is 9.84 Å². The first-order valence-electron chi connectivity index (χ1n) is 8.89. The lowest BCUT2D eigenvalue weighted by Gasteiger charge is -2.09. The van der Waals surface area contributed by atoms with Gasteiger partial charge in [0.15, 0.2) is 0 Å². The summed E-state index contributed by atoms with van der Waals surface area (Å²) < 4.78 is 5.50. The predicted octanol–water partition coefficient (Wildman–Crippen LogP) is 3.71. The smallest absolute Gasteiger partial charge is 0.289 e. The minimum absolute atomic E-state index is 0.167. The number of methoxy groups -OCH3 is 1. The standard InChI is InChI=1S/C22H18N4O3/c1-29-20-11-8-15-4-2-3-5-17(15)21(20)18-12-19(25-24-18)22(28)26-23-13-14-6-9-16(27)10-7-14/h2-13,27H,1H3,(H,24,25)(H,26,28)/b23-13+. The molecule has 1 heterocycles. The van der Waals surface area contributed by atoms with E-state index in [2.05, 4.69) is 20.7 Å². The number of carbonyl (C=O) groups is 1. The minimum atomic E-state index is -0.419. The van der Waals surface area contributed by atoms with E-state index in [1.165, 1.54) is 6.21 Å². The molecule has 0 aliphatic rings. The molecule has 29 heavy (non-hydrogen) atoms. The number of ether oxygens (including phenoxy) is 1. The van der Waals surface area contributed by atoms with E-state index < -0.39 is 5.91 Å². The molecule has 0 saturated heterocycles. The van der Waals surface area contributed by atoms with Gasteiger partial charge in [0.05, 0.1) is 24.6 Å². The van der Waals surface area contributed by atoms with Gasteiger partial charge >= 0.3 is 0 Å². The molecule has 0 bridgehead atoms. The quantitative estimate of drug-likeness (QED) is 0.360. The summed E-state index contributed by atoms with van der Waals surface area (Å²) in [6, 6.07) is 19.9. The van der Waals surface area contributed by atoms with E-state index in [1.54, 1.807) is 37.4 Å². The highest BCUT2D eigenvalue weighted by atomic mass is 16.5. The number of aromatic nitrogens is 2. The first-order valence-corrected chi connectivity index (χ1v) is 8.89. The first-order chi connectivity index (χ1) is 14.2. The summed E-state index contributed by atoms with van der Waals surface area (Å²) in [5, 5.41) is 22.3. The molecule has 1 aromatic heterocycles. The summed E-state index contributed by atoms with van der Waals surface area (Å²) in [4.78, 5) is 12.4. The molecule has 0 spiro atoms. The number of nitrogens with zero attached hydrogens (tertiary/aromatic N) is 2. The van der Waals surface area contributed by atoms with Crippen LogP contribution in [0, 0.1) is 0 Å². The van der Waals surface area contributed by atoms with Crippen molar-refractivity contribution in [2.45, 2.75) is 0 Å². The number of benzene rings is 3. The maximum Gasteiger partial charge on any atom is 0.289 e. The summed E-state index contributed by atoms with van der Waals surface area (Å²) in [5.41, 5.74) is 4.89. The van der Waals surface area contributed by atoms with Crippen molar-refractivity contribution in [2.75, 3.05) is 7.11 Å². The van der Waals surface area contributed by atoms with Gasteiger partial charge in [-0.1, -0.05) is 30.3 Å². The first kappa shape index (κ1) is 18.2. The fourth-order valence-electron chi connectivity index (χ4n) is 3.04. The summed E-state index contributed by atoms with van der Waals surface area (Å²) in [6.07, 6.45) is 1.49. The van der Waals surface area contributed by atoms with Crippen LogP contribution >= 0.6 is 0 Å². The van der Waals surface area contributed by atoms with Crippen molar-refractivity contribution in [3.63, 3.8) is 0 Å². The number of nitrogens with one attached hydrogen (secondary N) is 2. The Bertz CT molecular complexity index is 1200. The van der Waals surface area contributed by atoms with Crippen molar-refractivity contribution in [3.05, 3.63) is 78.0 Å². The summed E-state index contributed by atoms with van der Waals surface area (Å²) in [5.74, 6) is 0.422. The van der Waals surface area contributed by atoms with Crippen LogP contribution < -0.4 is 10.2 Å². The van der Waals surface area contributed by atoms with Crippen molar-refractivity contribution in [2.24, 2.45) is 5.10 Å². The van der Waals surface area contributed by atoms with E-state index in [9.17, 15) is 9.90 Å². The van der Waals surface area contributed by atoms with Crippen molar-refractivity contribution in [1.82, 2.24) is 15.6 Å². The van der Waals surface area contributed by atoms with Crippen LogP contribution in [0.15, 0.2) is 71.8 Å². The fraction of sp³-hybridized carbons (Fsp3) is 0.0455. The number of phenols is 1. The zero-order chi connectivity index (χ0) is 20.2. The average molecular weight is 386 g/mol. The highest BCUT2D eigenvalue weighted by Crippen LogP contribution is 2.36. The molecule has 7 nitrogen and oxygen atoms in total. The number of rotatable bonds is 5. The molecule has 3 N–H and O–H groups in total. The van der Waals surface area contributed by atoms with Crippen LogP contribution in [-0.4, -0.2) is 34.5 Å². The van der Waals surface area contributed by atoms with Gasteiger partial charge in [0.25, 0.3) is 5.91 Å². The van der Waals surface area contributed by atoms with Crippen molar-refractivity contribution < 1.29 is 14.6 Å². The van der Waals surface area contributed by atoms with Crippen LogP contribution in [-0.2, 0) is 0 Å². The van der Waals surface area contributed by atoms with Gasteiger partial charge in [0, 0.05) is 0 Å². The highest BCUT2D eigenvalue weighted by molar-refractivity contribution is 6.00. The molecule has 1 amide bonds. The monoisotopic (exact) mass is 386 g/mol. The van der Waals surface area contributed by atoms with Gasteiger partial charge in [-0.2, -0.15) is 10.2 Å². The number of fused-ring (bicyclic) bond motifs is 1. The van der Waals surface area contributed by atoms with E-state index in [1.807, 2.05) is 36.4 Å². The van der Waals surface area contributed by atoms with Gasteiger partial charge in [0.2, 0.25) is 0 Å². The molecule has 4 rings (SSSR count). The van der Waals surface area contributed by atoms with E-state index >= 15 is 0 Å². The molecule has 3 aromatic carbocycles. The second kappa shape index (κ2) is 7.85. The van der Waals surface area contributed by atoms with Crippen LogP contribution in [0.25, 0.3) is 22.0 Å². The Morgan fingerprint density at radius 2 is 1.93 bits per heavy atom. The number of H-pyrrole nitrogens is 1. The van der Waals surface area contributed by atoms with Gasteiger partial charge in [-0.15, -0.1) is 0 Å². The Labute approximate surface area is 166 Å². The van der Waals surface area contributed by atoms with E-state index in [4.69, 9.17) is 4.74 Å². The Kier molecular flexibility index (Phi) is 4.94. The average Bonchev–Trinajstić information content (AvgIpc) is 3.24.